The third-order valence-corrected chi connectivity index (χ3v) is 7.79. The van der Waals surface area contributed by atoms with E-state index in [0.717, 1.165) is 23.5 Å². The minimum absolute atomic E-state index is 0.338. The van der Waals surface area contributed by atoms with Crippen molar-refractivity contribution in [3.63, 3.8) is 0 Å². The first-order chi connectivity index (χ1) is 19.2. The number of rotatable bonds is 12. The molecule has 0 saturated carbocycles. The van der Waals surface area contributed by atoms with Gasteiger partial charge in [0.1, 0.15) is 11.5 Å². The van der Waals surface area contributed by atoms with E-state index in [4.69, 9.17) is 18.9 Å². The van der Waals surface area contributed by atoms with Crippen LogP contribution in [0.3, 0.4) is 0 Å². The summed E-state index contributed by atoms with van der Waals surface area (Å²) in [6.45, 7) is 3.24. The smallest absolute Gasteiger partial charge is 0.335 e. The lowest BCUT2D eigenvalue weighted by molar-refractivity contribution is -0.154. The second kappa shape index (κ2) is 12.8. The molecule has 0 aliphatic heterocycles. The highest BCUT2D eigenvalue weighted by molar-refractivity contribution is 7.26. The second-order valence-corrected chi connectivity index (χ2v) is 10.2. The van der Waals surface area contributed by atoms with Gasteiger partial charge in [-0.3, -0.25) is 0 Å². The average molecular weight is 541 g/mol. The third-order valence-electron chi connectivity index (χ3n) is 6.57. The molecule has 0 spiro atoms. The van der Waals surface area contributed by atoms with Gasteiger partial charge in [0.2, 0.25) is 0 Å². The molecule has 0 radical (unpaired) electrons. The Kier molecular flexibility index (Phi) is 8.76. The van der Waals surface area contributed by atoms with E-state index >= 15 is 0 Å². The van der Waals surface area contributed by atoms with Crippen molar-refractivity contribution in [2.24, 2.45) is 0 Å². The minimum atomic E-state index is -0.604. The van der Waals surface area contributed by atoms with Crippen LogP contribution in [-0.2, 0) is 20.7 Å². The number of hydrogen-bond donors (Lipinski definition) is 0. The van der Waals surface area contributed by atoms with Gasteiger partial charge in [-0.25, -0.2) is 4.79 Å². The normalized spacial score (nSPS) is 11.9. The van der Waals surface area contributed by atoms with Gasteiger partial charge < -0.3 is 18.9 Å². The van der Waals surface area contributed by atoms with Crippen molar-refractivity contribution in [1.82, 2.24) is 0 Å². The zero-order valence-electron chi connectivity index (χ0n) is 22.2. The first-order valence-electron chi connectivity index (χ1n) is 13.2. The quantitative estimate of drug-likeness (QED) is 0.120. The second-order valence-electron chi connectivity index (χ2n) is 9.18. The molecule has 0 saturated heterocycles. The van der Waals surface area contributed by atoms with Crippen LogP contribution in [0, 0.1) is 0 Å². The van der Waals surface area contributed by atoms with E-state index in [0.29, 0.717) is 26.2 Å². The van der Waals surface area contributed by atoms with Crippen molar-refractivity contribution in [3.8, 4) is 22.6 Å². The van der Waals surface area contributed by atoms with Crippen molar-refractivity contribution in [2.75, 3.05) is 26.9 Å². The van der Waals surface area contributed by atoms with Crippen LogP contribution in [0.5, 0.6) is 11.5 Å². The molecule has 0 fully saturated rings. The molecular weight excluding hydrogens is 508 g/mol. The molecule has 6 heteroatoms. The number of esters is 1. The lowest BCUT2D eigenvalue weighted by Gasteiger charge is -2.14. The van der Waals surface area contributed by atoms with Crippen LogP contribution >= 0.6 is 11.3 Å². The van der Waals surface area contributed by atoms with Crippen molar-refractivity contribution >= 4 is 37.5 Å². The van der Waals surface area contributed by atoms with Gasteiger partial charge in [-0.15, -0.1) is 11.3 Å². The molecule has 5 nitrogen and oxygen atoms in total. The molecule has 200 valence electrons. The SMILES string of the molecule is CCOC(=O)[C@H](Cc1ccc(OCCCOc2ccc(-c3cccc4c3sc3ccccc34)cc2)cc1)OC. The van der Waals surface area contributed by atoms with Gasteiger partial charge in [0, 0.05) is 40.1 Å². The summed E-state index contributed by atoms with van der Waals surface area (Å²) in [5, 5.41) is 2.62. The Balaban J connectivity index is 1.10. The summed E-state index contributed by atoms with van der Waals surface area (Å²) in [6.07, 6.45) is 0.619. The van der Waals surface area contributed by atoms with Gasteiger partial charge in [-0.05, 0) is 53.9 Å². The summed E-state index contributed by atoms with van der Waals surface area (Å²) < 4.78 is 24.8. The Morgan fingerprint density at radius 2 is 1.46 bits per heavy atom. The molecule has 0 amide bonds. The topological polar surface area (TPSA) is 54.0 Å². The molecule has 0 aliphatic carbocycles. The fourth-order valence-corrected chi connectivity index (χ4v) is 5.82. The average Bonchev–Trinajstić information content (AvgIpc) is 3.36. The maximum atomic E-state index is 11.9. The summed E-state index contributed by atoms with van der Waals surface area (Å²) in [5.41, 5.74) is 3.42. The van der Waals surface area contributed by atoms with E-state index in [1.807, 2.05) is 47.7 Å². The maximum absolute atomic E-state index is 11.9. The van der Waals surface area contributed by atoms with Crippen LogP contribution in [0.4, 0.5) is 0 Å². The zero-order valence-corrected chi connectivity index (χ0v) is 23.0. The van der Waals surface area contributed by atoms with Gasteiger partial charge in [0.05, 0.1) is 19.8 Å². The first-order valence-corrected chi connectivity index (χ1v) is 14.0. The maximum Gasteiger partial charge on any atom is 0.335 e. The first kappa shape index (κ1) is 26.7. The molecule has 4 aromatic carbocycles. The molecule has 5 aromatic rings. The molecule has 0 bridgehead atoms. The number of carbonyl (C=O) groups excluding carboxylic acids is 1. The van der Waals surface area contributed by atoms with E-state index in [2.05, 4.69) is 54.6 Å². The molecule has 1 heterocycles. The Labute approximate surface area is 232 Å². The van der Waals surface area contributed by atoms with E-state index in [9.17, 15) is 4.79 Å². The van der Waals surface area contributed by atoms with Gasteiger partial charge in [-0.1, -0.05) is 60.7 Å². The zero-order chi connectivity index (χ0) is 27.0. The largest absolute Gasteiger partial charge is 0.493 e. The van der Waals surface area contributed by atoms with Crippen molar-refractivity contribution in [3.05, 3.63) is 96.6 Å². The highest BCUT2D eigenvalue weighted by Crippen LogP contribution is 2.39. The Hall–Kier alpha value is -3.87. The van der Waals surface area contributed by atoms with Gasteiger partial charge in [-0.2, -0.15) is 0 Å². The molecule has 1 atom stereocenters. The Morgan fingerprint density at radius 1 is 0.795 bits per heavy atom. The molecule has 1 aromatic heterocycles. The Morgan fingerprint density at radius 3 is 2.15 bits per heavy atom. The number of ether oxygens (including phenoxy) is 4. The summed E-state index contributed by atoms with van der Waals surface area (Å²) in [6, 6.07) is 31.1. The van der Waals surface area contributed by atoms with Crippen LogP contribution in [-0.4, -0.2) is 39.0 Å². The van der Waals surface area contributed by atoms with Gasteiger partial charge in [0.25, 0.3) is 0 Å². The number of fused-ring (bicyclic) bond motifs is 3. The van der Waals surface area contributed by atoms with Crippen molar-refractivity contribution in [1.29, 1.82) is 0 Å². The molecular formula is C33H32O5S. The summed E-state index contributed by atoms with van der Waals surface area (Å²) in [5.74, 6) is 1.29. The third kappa shape index (κ3) is 6.41. The van der Waals surface area contributed by atoms with Crippen molar-refractivity contribution < 1.29 is 23.7 Å². The van der Waals surface area contributed by atoms with Crippen molar-refractivity contribution in [2.45, 2.75) is 25.9 Å². The highest BCUT2D eigenvalue weighted by Gasteiger charge is 2.19. The van der Waals surface area contributed by atoms with Crippen LogP contribution in [0.2, 0.25) is 0 Å². The highest BCUT2D eigenvalue weighted by atomic mass is 32.1. The molecule has 0 aliphatic rings. The monoisotopic (exact) mass is 540 g/mol. The van der Waals surface area contributed by atoms with Crippen LogP contribution in [0.15, 0.2) is 91.0 Å². The summed E-state index contributed by atoms with van der Waals surface area (Å²) in [7, 11) is 1.52. The summed E-state index contributed by atoms with van der Waals surface area (Å²) in [4.78, 5) is 11.9. The molecule has 5 rings (SSSR count). The minimum Gasteiger partial charge on any atom is -0.493 e. The molecule has 39 heavy (non-hydrogen) atoms. The lowest BCUT2D eigenvalue weighted by atomic mass is 10.0. The van der Waals surface area contributed by atoms with Gasteiger partial charge >= 0.3 is 5.97 Å². The standard InChI is InChI=1S/C33H32O5S/c1-3-36-33(34)30(35-2)22-23-12-16-25(17-13-23)37-20-7-21-38-26-18-14-24(15-19-26)27-9-6-10-29-28-8-4-5-11-31(28)39-32(27)29/h4-6,8-19,30H,3,7,20-22H2,1-2H3/t30-/m0/s1. The predicted molar refractivity (Wildman–Crippen MR) is 158 cm³/mol. The van der Waals surface area contributed by atoms with Crippen LogP contribution in [0.1, 0.15) is 18.9 Å². The molecule has 0 N–H and O–H groups in total. The number of carbonyl (C=O) groups is 1. The van der Waals surface area contributed by atoms with E-state index < -0.39 is 6.10 Å². The Bertz CT molecular complexity index is 1520. The summed E-state index contributed by atoms with van der Waals surface area (Å²) >= 11 is 1.84. The number of benzene rings is 4. The fourth-order valence-electron chi connectivity index (χ4n) is 4.58. The predicted octanol–water partition coefficient (Wildman–Crippen LogP) is 7.69. The van der Waals surface area contributed by atoms with Crippen LogP contribution in [0.25, 0.3) is 31.3 Å². The number of methoxy groups -OCH3 is 1. The van der Waals surface area contributed by atoms with E-state index in [1.165, 1.54) is 38.4 Å². The number of thiophene rings is 1. The van der Waals surface area contributed by atoms with E-state index in [1.54, 1.807) is 6.92 Å². The van der Waals surface area contributed by atoms with E-state index in [-0.39, 0.29) is 5.97 Å². The lowest BCUT2D eigenvalue weighted by Crippen LogP contribution is -2.27. The number of hydrogen-bond acceptors (Lipinski definition) is 6. The fraction of sp³-hybridized carbons (Fsp3) is 0.242. The molecule has 0 unspecified atom stereocenters. The van der Waals surface area contributed by atoms with Gasteiger partial charge in [0.15, 0.2) is 6.10 Å². The van der Waals surface area contributed by atoms with Crippen LogP contribution < -0.4 is 9.47 Å².